The van der Waals surface area contributed by atoms with Crippen LogP contribution in [0.4, 0.5) is 0 Å². The first kappa shape index (κ1) is 18.4. The molecule has 2 atom stereocenters. The highest BCUT2D eigenvalue weighted by Gasteiger charge is 2.28. The predicted octanol–water partition coefficient (Wildman–Crippen LogP) is 2.09. The number of nitrogens with zero attached hydrogens (tertiary/aromatic N) is 1. The second-order valence-electron chi connectivity index (χ2n) is 4.83. The molecule has 1 rings (SSSR count). The second-order valence-corrected chi connectivity index (χ2v) is 7.16. The molecule has 1 saturated heterocycles. The number of hydrogen-bond acceptors (Lipinski definition) is 4. The average molecular weight is 313 g/mol. The molecule has 0 bridgehead atoms. The molecular weight excluding hydrogens is 288 g/mol. The van der Waals surface area contributed by atoms with Crippen molar-refractivity contribution in [2.45, 2.75) is 31.6 Å². The van der Waals surface area contributed by atoms with Gasteiger partial charge in [0.2, 0.25) is 5.91 Å². The fourth-order valence-corrected chi connectivity index (χ4v) is 3.67. The Balaban J connectivity index is 0.00000289. The average Bonchev–Trinajstić information content (AvgIpc) is 2.35. The Bertz CT molecular complexity index is 254. The topological polar surface area (TPSA) is 46.3 Å². The van der Waals surface area contributed by atoms with Crippen LogP contribution >= 0.6 is 35.9 Å². The van der Waals surface area contributed by atoms with Crippen molar-refractivity contribution >= 4 is 41.8 Å². The zero-order valence-corrected chi connectivity index (χ0v) is 13.9. The first-order valence-corrected chi connectivity index (χ1v) is 8.65. The Kier molecular flexibility index (Phi) is 9.56. The van der Waals surface area contributed by atoms with E-state index in [1.54, 1.807) is 11.8 Å². The molecule has 0 radical (unpaired) electrons. The number of thioether (sulfide) groups is 2. The van der Waals surface area contributed by atoms with Crippen LogP contribution in [0.2, 0.25) is 0 Å². The summed E-state index contributed by atoms with van der Waals surface area (Å²) in [7, 11) is 0. The largest absolute Gasteiger partial charge is 0.339 e. The quantitative estimate of drug-likeness (QED) is 0.844. The summed E-state index contributed by atoms with van der Waals surface area (Å²) in [6, 6.07) is -0.307. The molecule has 1 unspecified atom stereocenters. The van der Waals surface area contributed by atoms with E-state index in [9.17, 15) is 4.79 Å². The van der Waals surface area contributed by atoms with Gasteiger partial charge in [-0.1, -0.05) is 13.8 Å². The summed E-state index contributed by atoms with van der Waals surface area (Å²) in [5, 5.41) is 0.570. The summed E-state index contributed by atoms with van der Waals surface area (Å²) in [5.41, 5.74) is 5.94. The third-order valence-electron chi connectivity index (χ3n) is 3.10. The minimum absolute atomic E-state index is 0. The minimum atomic E-state index is -0.307. The van der Waals surface area contributed by atoms with Crippen molar-refractivity contribution in [3.05, 3.63) is 0 Å². The van der Waals surface area contributed by atoms with Gasteiger partial charge in [-0.05, 0) is 24.3 Å². The van der Waals surface area contributed by atoms with Crippen LogP contribution in [0.1, 0.15) is 20.3 Å². The zero-order valence-electron chi connectivity index (χ0n) is 11.4. The van der Waals surface area contributed by atoms with E-state index in [4.69, 9.17) is 5.73 Å². The van der Waals surface area contributed by atoms with Gasteiger partial charge in [0.15, 0.2) is 0 Å². The summed E-state index contributed by atoms with van der Waals surface area (Å²) in [6.07, 6.45) is 2.83. The Morgan fingerprint density at radius 3 is 2.78 bits per heavy atom. The van der Waals surface area contributed by atoms with Gasteiger partial charge in [-0.3, -0.25) is 4.79 Å². The predicted molar refractivity (Wildman–Crippen MR) is 85.9 cm³/mol. The fraction of sp³-hybridized carbons (Fsp3) is 0.917. The second kappa shape index (κ2) is 9.34. The van der Waals surface area contributed by atoms with Crippen molar-refractivity contribution in [2.75, 3.05) is 30.9 Å². The van der Waals surface area contributed by atoms with Gasteiger partial charge in [0.25, 0.3) is 0 Å². The Labute approximate surface area is 125 Å². The molecule has 108 valence electrons. The molecule has 1 fully saturated rings. The first-order valence-electron chi connectivity index (χ1n) is 6.21. The molecule has 6 heteroatoms. The highest BCUT2D eigenvalue weighted by atomic mass is 35.5. The molecule has 1 aliphatic heterocycles. The van der Waals surface area contributed by atoms with Crippen molar-refractivity contribution < 1.29 is 4.79 Å². The lowest BCUT2D eigenvalue weighted by atomic mass is 10.1. The third kappa shape index (κ3) is 5.59. The molecule has 0 aromatic rings. The maximum absolute atomic E-state index is 12.2. The van der Waals surface area contributed by atoms with E-state index in [0.717, 1.165) is 31.0 Å². The van der Waals surface area contributed by atoms with Crippen molar-refractivity contribution in [1.29, 1.82) is 0 Å². The van der Waals surface area contributed by atoms with E-state index in [-0.39, 0.29) is 24.4 Å². The van der Waals surface area contributed by atoms with Gasteiger partial charge in [-0.25, -0.2) is 0 Å². The summed E-state index contributed by atoms with van der Waals surface area (Å²) in [5.74, 6) is 2.77. The SMILES string of the molecule is CSCC[C@H](N)C(=O)N1CCSC(C(C)C)C1.Cl. The van der Waals surface area contributed by atoms with Crippen LogP contribution in [0.25, 0.3) is 0 Å². The van der Waals surface area contributed by atoms with Crippen LogP contribution in [-0.4, -0.2) is 52.9 Å². The van der Waals surface area contributed by atoms with E-state index in [0.29, 0.717) is 11.2 Å². The van der Waals surface area contributed by atoms with Gasteiger partial charge < -0.3 is 10.6 Å². The maximum Gasteiger partial charge on any atom is 0.239 e. The van der Waals surface area contributed by atoms with E-state index < -0.39 is 0 Å². The Hall–Kier alpha value is 0.420. The Morgan fingerprint density at radius 2 is 2.22 bits per heavy atom. The normalized spacial score (nSPS) is 21.6. The number of carbonyl (C=O) groups is 1. The molecule has 0 aromatic carbocycles. The van der Waals surface area contributed by atoms with Crippen LogP contribution in [0.5, 0.6) is 0 Å². The van der Waals surface area contributed by atoms with Gasteiger partial charge in [0, 0.05) is 24.1 Å². The summed E-state index contributed by atoms with van der Waals surface area (Å²) in [4.78, 5) is 14.1. The van der Waals surface area contributed by atoms with Crippen molar-refractivity contribution in [2.24, 2.45) is 11.7 Å². The number of carbonyl (C=O) groups excluding carboxylic acids is 1. The molecular formula is C12H25ClN2OS2. The molecule has 3 nitrogen and oxygen atoms in total. The van der Waals surface area contributed by atoms with Crippen molar-refractivity contribution in [3.63, 3.8) is 0 Å². The third-order valence-corrected chi connectivity index (χ3v) is 5.28. The lowest BCUT2D eigenvalue weighted by Gasteiger charge is -2.35. The smallest absolute Gasteiger partial charge is 0.239 e. The van der Waals surface area contributed by atoms with Crippen LogP contribution in [0.15, 0.2) is 0 Å². The Morgan fingerprint density at radius 1 is 1.56 bits per heavy atom. The van der Waals surface area contributed by atoms with Crippen LogP contribution < -0.4 is 5.73 Å². The summed E-state index contributed by atoms with van der Waals surface area (Å²) < 4.78 is 0. The molecule has 1 aliphatic rings. The molecule has 2 N–H and O–H groups in total. The van der Waals surface area contributed by atoms with E-state index in [2.05, 4.69) is 13.8 Å². The van der Waals surface area contributed by atoms with Crippen molar-refractivity contribution in [1.82, 2.24) is 4.90 Å². The monoisotopic (exact) mass is 312 g/mol. The highest BCUT2D eigenvalue weighted by Crippen LogP contribution is 2.25. The molecule has 0 spiro atoms. The molecule has 0 aromatic heterocycles. The number of rotatable bonds is 5. The van der Waals surface area contributed by atoms with Gasteiger partial charge in [0.05, 0.1) is 6.04 Å². The summed E-state index contributed by atoms with van der Waals surface area (Å²) in [6.45, 7) is 6.17. The molecule has 0 aliphatic carbocycles. The van der Waals surface area contributed by atoms with E-state index >= 15 is 0 Å². The lowest BCUT2D eigenvalue weighted by Crippen LogP contribution is -2.50. The number of nitrogens with two attached hydrogens (primary N) is 1. The maximum atomic E-state index is 12.2. The number of amides is 1. The van der Waals surface area contributed by atoms with E-state index in [1.807, 2.05) is 22.9 Å². The molecule has 18 heavy (non-hydrogen) atoms. The van der Waals surface area contributed by atoms with Crippen LogP contribution in [0, 0.1) is 5.92 Å². The first-order chi connectivity index (χ1) is 8.06. The lowest BCUT2D eigenvalue weighted by molar-refractivity contribution is -0.132. The van der Waals surface area contributed by atoms with E-state index in [1.165, 1.54) is 0 Å². The zero-order chi connectivity index (χ0) is 12.8. The van der Waals surface area contributed by atoms with Gasteiger partial charge in [-0.2, -0.15) is 23.5 Å². The minimum Gasteiger partial charge on any atom is -0.339 e. The molecule has 1 heterocycles. The van der Waals surface area contributed by atoms with Gasteiger partial charge in [0.1, 0.15) is 0 Å². The molecule has 0 saturated carbocycles. The number of halogens is 1. The van der Waals surface area contributed by atoms with Crippen LogP contribution in [0.3, 0.4) is 0 Å². The fourth-order valence-electron chi connectivity index (χ4n) is 1.88. The number of hydrogen-bond donors (Lipinski definition) is 1. The standard InChI is InChI=1S/C12H24N2OS2.ClH/c1-9(2)11-8-14(5-7-17-11)12(15)10(13)4-6-16-3;/h9-11H,4-8,13H2,1-3H3;1H/t10-,11?;/m0./s1. The highest BCUT2D eigenvalue weighted by molar-refractivity contribution is 8.00. The van der Waals surface area contributed by atoms with Crippen molar-refractivity contribution in [3.8, 4) is 0 Å². The summed E-state index contributed by atoms with van der Waals surface area (Å²) >= 11 is 3.73. The van der Waals surface area contributed by atoms with Crippen LogP contribution in [-0.2, 0) is 4.79 Å². The van der Waals surface area contributed by atoms with Gasteiger partial charge in [-0.15, -0.1) is 12.4 Å². The molecule has 1 amide bonds. The van der Waals surface area contributed by atoms with Gasteiger partial charge >= 0.3 is 0 Å².